The zero-order valence-electron chi connectivity index (χ0n) is 13.7. The number of hydrogen-bond acceptors (Lipinski definition) is 4. The van der Waals surface area contributed by atoms with E-state index < -0.39 is 0 Å². The fourth-order valence-corrected chi connectivity index (χ4v) is 3.62. The lowest BCUT2D eigenvalue weighted by molar-refractivity contribution is -0.121. The normalized spacial score (nSPS) is 12.8. The second-order valence-electron chi connectivity index (χ2n) is 5.85. The first kappa shape index (κ1) is 16.5. The van der Waals surface area contributed by atoms with Gasteiger partial charge in [-0.3, -0.25) is 9.59 Å². The second-order valence-corrected chi connectivity index (χ2v) is 6.80. The van der Waals surface area contributed by atoms with Crippen LogP contribution in [0.5, 0.6) is 0 Å². The van der Waals surface area contributed by atoms with Gasteiger partial charge in [0.15, 0.2) is 0 Å². The van der Waals surface area contributed by atoms with E-state index in [9.17, 15) is 9.59 Å². The van der Waals surface area contributed by atoms with Crippen LogP contribution in [0.2, 0.25) is 0 Å². The van der Waals surface area contributed by atoms with E-state index in [4.69, 9.17) is 0 Å². The summed E-state index contributed by atoms with van der Waals surface area (Å²) in [4.78, 5) is 28.5. The largest absolute Gasteiger partial charge is 0.369 e. The summed E-state index contributed by atoms with van der Waals surface area (Å²) in [5, 5.41) is 4.76. The summed E-state index contributed by atoms with van der Waals surface area (Å²) in [6.45, 7) is 2.43. The number of carbonyl (C=O) groups is 2. The van der Waals surface area contributed by atoms with Crippen molar-refractivity contribution in [1.82, 2.24) is 10.2 Å². The van der Waals surface area contributed by atoms with E-state index in [0.29, 0.717) is 11.4 Å². The molecule has 2 aromatic rings. The van der Waals surface area contributed by atoms with Crippen molar-refractivity contribution in [2.24, 2.45) is 0 Å². The van der Waals surface area contributed by atoms with Crippen LogP contribution in [0.25, 0.3) is 0 Å². The Labute approximate surface area is 145 Å². The maximum Gasteiger partial charge on any atom is 0.264 e. The number of likely N-dealkylation sites (N-methyl/N-ethyl adjacent to an activating group) is 1. The molecule has 1 aromatic heterocycles. The lowest BCUT2D eigenvalue weighted by Crippen LogP contribution is -2.41. The Morgan fingerprint density at radius 1 is 1.25 bits per heavy atom. The molecule has 1 aromatic carbocycles. The topological polar surface area (TPSA) is 52.7 Å². The van der Waals surface area contributed by atoms with Gasteiger partial charge in [-0.05, 0) is 29.5 Å². The molecular weight excluding hydrogens is 322 g/mol. The number of carbonyl (C=O) groups excluding carboxylic acids is 2. The molecule has 1 aliphatic heterocycles. The van der Waals surface area contributed by atoms with Gasteiger partial charge in [-0.15, -0.1) is 11.3 Å². The van der Waals surface area contributed by atoms with Gasteiger partial charge in [0.2, 0.25) is 5.91 Å². The number of rotatable bonds is 6. The third-order valence-corrected chi connectivity index (χ3v) is 5.00. The van der Waals surface area contributed by atoms with Crippen LogP contribution in [-0.2, 0) is 11.2 Å². The molecule has 0 radical (unpaired) electrons. The molecule has 0 spiro atoms. The summed E-state index contributed by atoms with van der Waals surface area (Å²) in [6.07, 6.45) is 1.06. The predicted octanol–water partition coefficient (Wildman–Crippen LogP) is 2.00. The lowest BCUT2D eigenvalue weighted by atomic mass is 10.2. The summed E-state index contributed by atoms with van der Waals surface area (Å²) in [5.74, 6) is -0.247. The Kier molecular flexibility index (Phi) is 5.15. The number of amides is 2. The molecule has 0 atom stereocenters. The van der Waals surface area contributed by atoms with Crippen LogP contribution >= 0.6 is 11.3 Å². The molecule has 0 fully saturated rings. The third kappa shape index (κ3) is 3.76. The van der Waals surface area contributed by atoms with E-state index in [2.05, 4.69) is 28.4 Å². The van der Waals surface area contributed by atoms with Gasteiger partial charge in [0, 0.05) is 32.4 Å². The molecule has 126 valence electrons. The minimum atomic E-state index is -0.130. The average Bonchev–Trinajstić information content (AvgIpc) is 3.24. The molecule has 0 aliphatic carbocycles. The van der Waals surface area contributed by atoms with Crippen molar-refractivity contribution in [3.63, 3.8) is 0 Å². The van der Waals surface area contributed by atoms with E-state index >= 15 is 0 Å². The summed E-state index contributed by atoms with van der Waals surface area (Å²) in [5.41, 5.74) is 2.63. The number of thiophene rings is 1. The molecule has 3 rings (SSSR count). The highest BCUT2D eigenvalue weighted by atomic mass is 32.1. The number of hydrogen-bond donors (Lipinski definition) is 1. The highest BCUT2D eigenvalue weighted by Gasteiger charge is 2.18. The molecule has 0 unspecified atom stereocenters. The fourth-order valence-electron chi connectivity index (χ4n) is 2.90. The van der Waals surface area contributed by atoms with Crippen LogP contribution in [0.1, 0.15) is 15.2 Å². The van der Waals surface area contributed by atoms with Gasteiger partial charge >= 0.3 is 0 Å². The Morgan fingerprint density at radius 2 is 2.08 bits per heavy atom. The zero-order chi connectivity index (χ0) is 16.9. The molecule has 6 heteroatoms. The Morgan fingerprint density at radius 3 is 2.88 bits per heavy atom. The average molecular weight is 343 g/mol. The predicted molar refractivity (Wildman–Crippen MR) is 96.6 cm³/mol. The van der Waals surface area contributed by atoms with Crippen molar-refractivity contribution in [2.45, 2.75) is 6.42 Å². The molecule has 2 heterocycles. The molecule has 24 heavy (non-hydrogen) atoms. The van der Waals surface area contributed by atoms with Crippen LogP contribution in [-0.4, -0.2) is 49.9 Å². The molecule has 0 saturated heterocycles. The number of benzene rings is 1. The van der Waals surface area contributed by atoms with E-state index in [1.165, 1.54) is 27.5 Å². The SMILES string of the molecule is CN(CC(=O)NCCN1CCc2ccccc21)C(=O)c1cccs1. The Hall–Kier alpha value is -2.34. The molecule has 0 bridgehead atoms. The van der Waals surface area contributed by atoms with Crippen molar-refractivity contribution in [1.29, 1.82) is 0 Å². The van der Waals surface area contributed by atoms with Gasteiger partial charge in [0.05, 0.1) is 11.4 Å². The second kappa shape index (κ2) is 7.49. The highest BCUT2D eigenvalue weighted by Crippen LogP contribution is 2.26. The minimum absolute atomic E-state index is 0.0767. The van der Waals surface area contributed by atoms with Crippen LogP contribution in [0.4, 0.5) is 5.69 Å². The zero-order valence-corrected chi connectivity index (χ0v) is 14.5. The monoisotopic (exact) mass is 343 g/mol. The highest BCUT2D eigenvalue weighted by molar-refractivity contribution is 7.12. The smallest absolute Gasteiger partial charge is 0.264 e. The first-order chi connectivity index (χ1) is 11.6. The van der Waals surface area contributed by atoms with Crippen molar-refractivity contribution < 1.29 is 9.59 Å². The maximum absolute atomic E-state index is 12.1. The third-order valence-electron chi connectivity index (χ3n) is 4.15. The van der Waals surface area contributed by atoms with Gasteiger partial charge in [0.25, 0.3) is 5.91 Å². The number of fused-ring (bicyclic) bond motifs is 1. The summed E-state index contributed by atoms with van der Waals surface area (Å²) < 4.78 is 0. The minimum Gasteiger partial charge on any atom is -0.369 e. The Bertz CT molecular complexity index is 715. The lowest BCUT2D eigenvalue weighted by Gasteiger charge is -2.20. The van der Waals surface area contributed by atoms with E-state index in [1.807, 2.05) is 17.5 Å². The van der Waals surface area contributed by atoms with Crippen molar-refractivity contribution >= 4 is 28.8 Å². The molecule has 1 aliphatic rings. The van der Waals surface area contributed by atoms with Crippen LogP contribution in [0.15, 0.2) is 41.8 Å². The number of anilines is 1. The molecule has 2 amide bonds. The van der Waals surface area contributed by atoms with Crippen LogP contribution in [0.3, 0.4) is 0 Å². The quantitative estimate of drug-likeness (QED) is 0.873. The van der Waals surface area contributed by atoms with E-state index in [0.717, 1.165) is 19.5 Å². The van der Waals surface area contributed by atoms with Crippen molar-refractivity contribution in [3.8, 4) is 0 Å². The van der Waals surface area contributed by atoms with Gasteiger partial charge in [0.1, 0.15) is 0 Å². The number of nitrogens with one attached hydrogen (secondary N) is 1. The van der Waals surface area contributed by atoms with Crippen LogP contribution < -0.4 is 10.2 Å². The Balaban J connectivity index is 1.43. The van der Waals surface area contributed by atoms with Gasteiger partial charge in [-0.25, -0.2) is 0 Å². The number of nitrogens with zero attached hydrogens (tertiary/aromatic N) is 2. The van der Waals surface area contributed by atoms with Crippen molar-refractivity contribution in [3.05, 3.63) is 52.2 Å². The van der Waals surface area contributed by atoms with Gasteiger partial charge in [-0.2, -0.15) is 0 Å². The number of para-hydroxylation sites is 1. The van der Waals surface area contributed by atoms with Gasteiger partial charge < -0.3 is 15.1 Å². The summed E-state index contributed by atoms with van der Waals surface area (Å²) >= 11 is 1.39. The first-order valence-corrected chi connectivity index (χ1v) is 8.91. The van der Waals surface area contributed by atoms with E-state index in [1.54, 1.807) is 13.1 Å². The molecule has 5 nitrogen and oxygen atoms in total. The van der Waals surface area contributed by atoms with Crippen molar-refractivity contribution in [2.75, 3.05) is 38.1 Å². The standard InChI is InChI=1S/C18H21N3O2S/c1-20(18(23)16-7-4-12-24-16)13-17(22)19-9-11-21-10-8-14-5-2-3-6-15(14)21/h2-7,12H,8-11,13H2,1H3,(H,19,22). The summed E-state index contributed by atoms with van der Waals surface area (Å²) in [7, 11) is 1.65. The fraction of sp³-hybridized carbons (Fsp3) is 0.333. The molecule has 1 N–H and O–H groups in total. The van der Waals surface area contributed by atoms with E-state index in [-0.39, 0.29) is 18.4 Å². The molecular formula is C18H21N3O2S. The van der Waals surface area contributed by atoms with Crippen LogP contribution in [0, 0.1) is 0 Å². The first-order valence-electron chi connectivity index (χ1n) is 8.03. The molecule has 0 saturated carbocycles. The maximum atomic E-state index is 12.1. The summed E-state index contributed by atoms with van der Waals surface area (Å²) in [6, 6.07) is 12.0. The van der Waals surface area contributed by atoms with Gasteiger partial charge in [-0.1, -0.05) is 24.3 Å².